The van der Waals surface area contributed by atoms with E-state index in [0.717, 1.165) is 6.20 Å². The molecule has 11 heteroatoms. The van der Waals surface area contributed by atoms with Crippen LogP contribution in [0.5, 0.6) is 0 Å². The molecule has 2 aromatic carbocycles. The smallest absolute Gasteiger partial charge is 0.334 e. The van der Waals surface area contributed by atoms with Crippen LogP contribution in [0, 0.1) is 0 Å². The predicted molar refractivity (Wildman–Crippen MR) is 133 cm³/mol. The van der Waals surface area contributed by atoms with E-state index in [9.17, 15) is 18.0 Å². The first-order valence-electron chi connectivity index (χ1n) is 10.7. The van der Waals surface area contributed by atoms with Crippen LogP contribution in [0.4, 0.5) is 13.2 Å². The molecule has 186 valence electrons. The van der Waals surface area contributed by atoms with Crippen molar-refractivity contribution in [3.63, 3.8) is 0 Å². The largest absolute Gasteiger partial charge is 0.434 e. The minimum Gasteiger partial charge on any atom is -0.334 e. The second-order valence-corrected chi connectivity index (χ2v) is 9.09. The molecule has 0 aliphatic rings. The Morgan fingerprint density at radius 3 is 2.36 bits per heavy atom. The number of nitrogens with zero attached hydrogens (tertiary/aromatic N) is 4. The Kier molecular flexibility index (Phi) is 7.88. The van der Waals surface area contributed by atoms with Gasteiger partial charge in [0.1, 0.15) is 0 Å². The lowest BCUT2D eigenvalue weighted by Crippen LogP contribution is -2.34. The minimum absolute atomic E-state index is 0.00593. The van der Waals surface area contributed by atoms with Crippen molar-refractivity contribution in [1.29, 1.82) is 0 Å². The summed E-state index contributed by atoms with van der Waals surface area (Å²) in [5.41, 5.74) is -0.324. The molecule has 4 aromatic rings. The zero-order chi connectivity index (χ0) is 25.9. The van der Waals surface area contributed by atoms with E-state index in [0.29, 0.717) is 32.4 Å². The summed E-state index contributed by atoms with van der Waals surface area (Å²) in [6, 6.07) is 15.8. The van der Waals surface area contributed by atoms with Crippen LogP contribution in [0.3, 0.4) is 0 Å². The molecule has 0 fully saturated rings. The van der Waals surface area contributed by atoms with Crippen LogP contribution in [0.1, 0.15) is 27.3 Å². The standard InChI is InChI=1S/C25H18Cl3F3N4O/c26-17-5-7-19(8-6-17)35-23(25(29,30)31)20(14-33-35)24(36)34(12-10-18-3-1-2-11-32-18)15-16-4-9-21(27)22(28)13-16/h1-9,11,13-14H,10,12,15H2. The average Bonchev–Trinajstić information content (AvgIpc) is 3.30. The summed E-state index contributed by atoms with van der Waals surface area (Å²) in [5, 5.41) is 4.86. The molecule has 0 aliphatic carbocycles. The van der Waals surface area contributed by atoms with Crippen molar-refractivity contribution in [2.24, 2.45) is 0 Å². The van der Waals surface area contributed by atoms with Crippen molar-refractivity contribution in [2.45, 2.75) is 19.1 Å². The van der Waals surface area contributed by atoms with Crippen molar-refractivity contribution in [1.82, 2.24) is 19.7 Å². The number of carbonyl (C=O) groups is 1. The van der Waals surface area contributed by atoms with Crippen LogP contribution in [0.25, 0.3) is 5.69 Å². The summed E-state index contributed by atoms with van der Waals surface area (Å²) >= 11 is 18.0. The summed E-state index contributed by atoms with van der Waals surface area (Å²) in [6.07, 6.45) is -1.97. The SMILES string of the molecule is O=C(c1cnn(-c2ccc(Cl)cc2)c1C(F)(F)F)N(CCc1ccccn1)Cc1ccc(Cl)c(Cl)c1. The Bertz CT molecular complexity index is 1360. The van der Waals surface area contributed by atoms with Crippen molar-refractivity contribution in [2.75, 3.05) is 6.54 Å². The highest BCUT2D eigenvalue weighted by molar-refractivity contribution is 6.42. The zero-order valence-electron chi connectivity index (χ0n) is 18.5. The number of hydrogen-bond acceptors (Lipinski definition) is 3. The Hall–Kier alpha value is -3.07. The van der Waals surface area contributed by atoms with Crippen molar-refractivity contribution in [3.05, 3.63) is 111 Å². The van der Waals surface area contributed by atoms with Gasteiger partial charge in [-0.15, -0.1) is 0 Å². The van der Waals surface area contributed by atoms with Gasteiger partial charge in [0.15, 0.2) is 5.69 Å². The second kappa shape index (κ2) is 10.9. The van der Waals surface area contributed by atoms with E-state index >= 15 is 0 Å². The molecule has 0 spiro atoms. The molecule has 2 aromatic heterocycles. The summed E-state index contributed by atoms with van der Waals surface area (Å²) in [4.78, 5) is 19.1. The first kappa shape index (κ1) is 26.0. The maximum absolute atomic E-state index is 14.2. The molecule has 0 N–H and O–H groups in total. The summed E-state index contributed by atoms with van der Waals surface area (Å²) in [6.45, 7) is 0.117. The molecular weight excluding hydrogens is 536 g/mol. The number of halogens is 6. The van der Waals surface area contributed by atoms with Crippen molar-refractivity contribution >= 4 is 40.7 Å². The molecule has 0 aliphatic heterocycles. The molecule has 1 amide bonds. The van der Waals surface area contributed by atoms with Gasteiger partial charge in [-0.05, 0) is 54.1 Å². The Balaban J connectivity index is 1.72. The molecule has 0 unspecified atom stereocenters. The van der Waals surface area contributed by atoms with Gasteiger partial charge in [0.25, 0.3) is 5.91 Å². The molecule has 0 bridgehead atoms. The van der Waals surface area contributed by atoms with E-state index in [1.807, 2.05) is 0 Å². The van der Waals surface area contributed by atoms with Gasteiger partial charge in [-0.25, -0.2) is 4.68 Å². The fraction of sp³-hybridized carbons (Fsp3) is 0.160. The maximum atomic E-state index is 14.2. The second-order valence-electron chi connectivity index (χ2n) is 7.84. The first-order chi connectivity index (χ1) is 17.1. The topological polar surface area (TPSA) is 51.0 Å². The molecule has 4 rings (SSSR count). The third kappa shape index (κ3) is 6.00. The fourth-order valence-corrected chi connectivity index (χ4v) is 4.08. The minimum atomic E-state index is -4.85. The van der Waals surface area contributed by atoms with Gasteiger partial charge in [0.05, 0.1) is 27.5 Å². The predicted octanol–water partition coefficient (Wildman–Crippen LogP) is 7.13. The van der Waals surface area contributed by atoms with Crippen LogP contribution in [0.15, 0.2) is 73.1 Å². The van der Waals surface area contributed by atoms with E-state index < -0.39 is 23.3 Å². The van der Waals surface area contributed by atoms with E-state index in [-0.39, 0.29) is 23.8 Å². The number of benzene rings is 2. The van der Waals surface area contributed by atoms with Crippen LogP contribution in [0.2, 0.25) is 15.1 Å². The lowest BCUT2D eigenvalue weighted by molar-refractivity contribution is -0.143. The van der Waals surface area contributed by atoms with Crippen LogP contribution >= 0.6 is 34.8 Å². The highest BCUT2D eigenvalue weighted by Gasteiger charge is 2.41. The number of pyridine rings is 1. The summed E-state index contributed by atoms with van der Waals surface area (Å²) < 4.78 is 43.3. The Morgan fingerprint density at radius 2 is 1.72 bits per heavy atom. The first-order valence-corrected chi connectivity index (χ1v) is 11.8. The normalized spacial score (nSPS) is 11.5. The Labute approximate surface area is 220 Å². The fourth-order valence-electron chi connectivity index (χ4n) is 3.63. The molecular formula is C25H18Cl3F3N4O. The number of aromatic nitrogens is 3. The summed E-state index contributed by atoms with van der Waals surface area (Å²) in [7, 11) is 0. The van der Waals surface area contributed by atoms with Gasteiger partial charge in [-0.2, -0.15) is 18.3 Å². The number of rotatable bonds is 7. The zero-order valence-corrected chi connectivity index (χ0v) is 20.8. The van der Waals surface area contributed by atoms with E-state index in [1.165, 1.54) is 29.2 Å². The number of alkyl halides is 3. The third-order valence-electron chi connectivity index (χ3n) is 5.35. The van der Waals surface area contributed by atoms with Crippen LogP contribution < -0.4 is 0 Å². The van der Waals surface area contributed by atoms with E-state index in [4.69, 9.17) is 34.8 Å². The molecule has 0 atom stereocenters. The molecule has 0 radical (unpaired) electrons. The third-order valence-corrected chi connectivity index (χ3v) is 6.34. The monoisotopic (exact) mass is 552 g/mol. The Morgan fingerprint density at radius 1 is 0.972 bits per heavy atom. The van der Waals surface area contributed by atoms with Gasteiger partial charge < -0.3 is 4.90 Å². The lowest BCUT2D eigenvalue weighted by Gasteiger charge is -2.24. The highest BCUT2D eigenvalue weighted by atomic mass is 35.5. The number of amides is 1. The molecule has 36 heavy (non-hydrogen) atoms. The quantitative estimate of drug-likeness (QED) is 0.245. The van der Waals surface area contributed by atoms with Gasteiger partial charge in [-0.1, -0.05) is 46.9 Å². The molecule has 0 saturated carbocycles. The van der Waals surface area contributed by atoms with Gasteiger partial charge >= 0.3 is 6.18 Å². The van der Waals surface area contributed by atoms with Gasteiger partial charge in [-0.3, -0.25) is 9.78 Å². The van der Waals surface area contributed by atoms with Gasteiger partial charge in [0.2, 0.25) is 0 Å². The van der Waals surface area contributed by atoms with Gasteiger partial charge in [0, 0.05) is 36.4 Å². The summed E-state index contributed by atoms with van der Waals surface area (Å²) in [5.74, 6) is -0.829. The van der Waals surface area contributed by atoms with Crippen LogP contribution in [-0.4, -0.2) is 32.1 Å². The average molecular weight is 554 g/mol. The van der Waals surface area contributed by atoms with Crippen molar-refractivity contribution in [3.8, 4) is 5.69 Å². The lowest BCUT2D eigenvalue weighted by atomic mass is 10.1. The molecule has 5 nitrogen and oxygen atoms in total. The van der Waals surface area contributed by atoms with E-state index in [2.05, 4.69) is 10.1 Å². The molecule has 2 heterocycles. The highest BCUT2D eigenvalue weighted by Crippen LogP contribution is 2.35. The number of carbonyl (C=O) groups excluding carboxylic acids is 1. The molecule has 0 saturated heterocycles. The number of hydrogen-bond donors (Lipinski definition) is 0. The van der Waals surface area contributed by atoms with Crippen LogP contribution in [-0.2, 0) is 19.1 Å². The van der Waals surface area contributed by atoms with Crippen molar-refractivity contribution < 1.29 is 18.0 Å². The maximum Gasteiger partial charge on any atom is 0.434 e. The van der Waals surface area contributed by atoms with E-state index in [1.54, 1.807) is 42.6 Å².